The summed E-state index contributed by atoms with van der Waals surface area (Å²) in [6, 6.07) is 11.0. The third-order valence-corrected chi connectivity index (χ3v) is 6.78. The lowest BCUT2D eigenvalue weighted by Crippen LogP contribution is -2.40. The number of rotatable bonds is 7. The Morgan fingerprint density at radius 2 is 1.92 bits per heavy atom. The van der Waals surface area contributed by atoms with Gasteiger partial charge in [-0.25, -0.2) is 23.1 Å². The average molecular weight is 495 g/mol. The van der Waals surface area contributed by atoms with Crippen LogP contribution in [0.5, 0.6) is 5.75 Å². The first-order valence-electron chi connectivity index (χ1n) is 12.0. The van der Waals surface area contributed by atoms with Crippen molar-refractivity contribution in [2.45, 2.75) is 31.8 Å². The van der Waals surface area contributed by atoms with Crippen molar-refractivity contribution in [3.8, 4) is 11.4 Å². The first kappa shape index (κ1) is 23.9. The highest BCUT2D eigenvalue weighted by Crippen LogP contribution is 2.23. The van der Waals surface area contributed by atoms with Gasteiger partial charge in [0.2, 0.25) is 5.95 Å². The smallest absolute Gasteiger partial charge is 0.335 e. The molecule has 0 aliphatic carbocycles. The van der Waals surface area contributed by atoms with E-state index in [2.05, 4.69) is 27.2 Å². The summed E-state index contributed by atoms with van der Waals surface area (Å²) in [6.07, 6.45) is 4.98. The Morgan fingerprint density at radius 3 is 2.67 bits per heavy atom. The number of hydrogen-bond acceptors (Lipinski definition) is 6. The van der Waals surface area contributed by atoms with E-state index >= 15 is 0 Å². The molecule has 1 aliphatic heterocycles. The summed E-state index contributed by atoms with van der Waals surface area (Å²) in [5, 5.41) is 3.30. The topological polar surface area (TPSA) is 77.2 Å². The third-order valence-electron chi connectivity index (χ3n) is 6.78. The van der Waals surface area contributed by atoms with Crippen molar-refractivity contribution in [3.63, 3.8) is 0 Å². The highest BCUT2D eigenvalue weighted by molar-refractivity contribution is 5.74. The van der Waals surface area contributed by atoms with Crippen LogP contribution in [0.2, 0.25) is 0 Å². The van der Waals surface area contributed by atoms with Gasteiger partial charge in [-0.2, -0.15) is 4.98 Å². The van der Waals surface area contributed by atoms with Gasteiger partial charge < -0.3 is 15.0 Å². The van der Waals surface area contributed by atoms with Crippen LogP contribution in [0.15, 0.2) is 53.5 Å². The van der Waals surface area contributed by atoms with Gasteiger partial charge in [0.25, 0.3) is 0 Å². The molecule has 1 fully saturated rings. The molecule has 1 unspecified atom stereocenters. The molecule has 0 spiro atoms. The van der Waals surface area contributed by atoms with Crippen LogP contribution in [0.4, 0.5) is 14.7 Å². The third kappa shape index (κ3) is 4.56. The first-order chi connectivity index (χ1) is 17.5. The van der Waals surface area contributed by atoms with Gasteiger partial charge >= 0.3 is 5.69 Å². The van der Waals surface area contributed by atoms with E-state index in [1.54, 1.807) is 31.4 Å². The zero-order chi connectivity index (χ0) is 25.2. The fourth-order valence-electron chi connectivity index (χ4n) is 4.71. The number of imidazole rings is 1. The molecule has 1 atom stereocenters. The van der Waals surface area contributed by atoms with Crippen molar-refractivity contribution in [2.75, 3.05) is 32.6 Å². The standard InChI is InChI=1S/C26H28F2N6O2/c1-32-12-4-3-7-18(32)14-29-25-30-15-23-24(31-25)34(17-8-5-9-19(13-17)36-2)26(35)33(23)16-20-21(27)10-6-11-22(20)28/h5-6,8-11,13,15,18H,3-4,7,12,14,16H2,1-2H3,(H,29,30,31). The number of fused-ring (bicyclic) bond motifs is 1. The minimum atomic E-state index is -0.722. The minimum Gasteiger partial charge on any atom is -0.497 e. The quantitative estimate of drug-likeness (QED) is 0.421. The Kier molecular flexibility index (Phi) is 6.69. The molecule has 8 nitrogen and oxygen atoms in total. The van der Waals surface area contributed by atoms with Crippen molar-refractivity contribution >= 4 is 17.1 Å². The zero-order valence-corrected chi connectivity index (χ0v) is 20.2. The van der Waals surface area contributed by atoms with E-state index in [1.807, 2.05) is 0 Å². The molecule has 0 bridgehead atoms. The second-order valence-corrected chi connectivity index (χ2v) is 9.02. The molecule has 0 amide bonds. The van der Waals surface area contributed by atoms with Gasteiger partial charge in [-0.1, -0.05) is 18.6 Å². The molecule has 5 rings (SSSR count). The normalized spacial score (nSPS) is 16.4. The number of piperidine rings is 1. The summed E-state index contributed by atoms with van der Waals surface area (Å²) < 4.78 is 36.9. The zero-order valence-electron chi connectivity index (χ0n) is 20.2. The number of halogens is 2. The largest absolute Gasteiger partial charge is 0.497 e. The molecule has 3 heterocycles. The lowest BCUT2D eigenvalue weighted by molar-refractivity contribution is 0.194. The minimum absolute atomic E-state index is 0.202. The highest BCUT2D eigenvalue weighted by atomic mass is 19.1. The van der Waals surface area contributed by atoms with Crippen LogP contribution >= 0.6 is 0 Å². The molecular formula is C26H28F2N6O2. The number of aromatic nitrogens is 4. The van der Waals surface area contributed by atoms with Crippen molar-refractivity contribution in [2.24, 2.45) is 0 Å². The van der Waals surface area contributed by atoms with Gasteiger partial charge in [0.1, 0.15) is 22.9 Å². The molecule has 10 heteroatoms. The number of likely N-dealkylation sites (N-methyl/N-ethyl adjacent to an activating group) is 1. The second-order valence-electron chi connectivity index (χ2n) is 9.02. The molecule has 4 aromatic rings. The van der Waals surface area contributed by atoms with Crippen LogP contribution < -0.4 is 15.7 Å². The number of likely N-dealkylation sites (tertiary alicyclic amines) is 1. The summed E-state index contributed by atoms with van der Waals surface area (Å²) in [6.45, 7) is 1.43. The fraction of sp³-hybridized carbons (Fsp3) is 0.346. The van der Waals surface area contributed by atoms with Gasteiger partial charge in [-0.3, -0.25) is 4.57 Å². The van der Waals surface area contributed by atoms with Crippen molar-refractivity contribution in [1.82, 2.24) is 24.0 Å². The first-order valence-corrected chi connectivity index (χ1v) is 12.0. The van der Waals surface area contributed by atoms with Gasteiger partial charge in [0, 0.05) is 24.2 Å². The van der Waals surface area contributed by atoms with Crippen LogP contribution in [0.3, 0.4) is 0 Å². The molecule has 2 aromatic carbocycles. The van der Waals surface area contributed by atoms with E-state index in [9.17, 15) is 13.6 Å². The Balaban J connectivity index is 1.59. The van der Waals surface area contributed by atoms with E-state index in [4.69, 9.17) is 4.74 Å². The monoisotopic (exact) mass is 494 g/mol. The van der Waals surface area contributed by atoms with Gasteiger partial charge in [0.15, 0.2) is 5.65 Å². The fourth-order valence-corrected chi connectivity index (χ4v) is 4.71. The van der Waals surface area contributed by atoms with E-state index < -0.39 is 17.3 Å². The predicted octanol–water partition coefficient (Wildman–Crippen LogP) is 3.81. The maximum Gasteiger partial charge on any atom is 0.335 e. The molecule has 2 aromatic heterocycles. The number of nitrogens with one attached hydrogen (secondary N) is 1. The molecule has 0 radical (unpaired) electrons. The Morgan fingerprint density at radius 1 is 1.14 bits per heavy atom. The predicted molar refractivity (Wildman–Crippen MR) is 134 cm³/mol. The number of ether oxygens (including phenoxy) is 1. The number of hydrogen-bond donors (Lipinski definition) is 1. The summed E-state index contributed by atoms with van der Waals surface area (Å²) in [5.41, 5.74) is 0.533. The van der Waals surface area contributed by atoms with Crippen LogP contribution in [0, 0.1) is 11.6 Å². The number of benzene rings is 2. The summed E-state index contributed by atoms with van der Waals surface area (Å²) in [4.78, 5) is 25.0. The molecule has 1 aliphatic rings. The Bertz CT molecular complexity index is 1430. The van der Waals surface area contributed by atoms with Crippen molar-refractivity contribution < 1.29 is 13.5 Å². The summed E-state index contributed by atoms with van der Waals surface area (Å²) in [5.74, 6) is -0.500. The van der Waals surface area contributed by atoms with Gasteiger partial charge in [-0.05, 0) is 50.7 Å². The van der Waals surface area contributed by atoms with E-state index in [1.165, 1.54) is 46.4 Å². The van der Waals surface area contributed by atoms with Gasteiger partial charge in [-0.15, -0.1) is 0 Å². The highest BCUT2D eigenvalue weighted by Gasteiger charge is 2.22. The summed E-state index contributed by atoms with van der Waals surface area (Å²) in [7, 11) is 3.65. The molecule has 1 saturated heterocycles. The molecule has 36 heavy (non-hydrogen) atoms. The summed E-state index contributed by atoms with van der Waals surface area (Å²) >= 11 is 0. The molecule has 188 valence electrons. The van der Waals surface area contributed by atoms with Crippen molar-refractivity contribution in [1.29, 1.82) is 0 Å². The second kappa shape index (κ2) is 10.1. The van der Waals surface area contributed by atoms with Crippen LogP contribution in [0.25, 0.3) is 16.9 Å². The molecule has 0 saturated carbocycles. The van der Waals surface area contributed by atoms with Crippen LogP contribution in [-0.2, 0) is 6.54 Å². The van der Waals surface area contributed by atoms with E-state index in [0.717, 1.165) is 13.0 Å². The molecule has 1 N–H and O–H groups in total. The average Bonchev–Trinajstić information content (AvgIpc) is 3.16. The number of nitrogens with zero attached hydrogens (tertiary/aromatic N) is 5. The van der Waals surface area contributed by atoms with E-state index in [0.29, 0.717) is 41.1 Å². The van der Waals surface area contributed by atoms with Crippen molar-refractivity contribution in [3.05, 3.63) is 76.3 Å². The lowest BCUT2D eigenvalue weighted by atomic mass is 10.0. The lowest BCUT2D eigenvalue weighted by Gasteiger charge is -2.32. The molecular weight excluding hydrogens is 466 g/mol. The number of methoxy groups -OCH3 is 1. The maximum atomic E-state index is 14.4. The van der Waals surface area contributed by atoms with Crippen LogP contribution in [0.1, 0.15) is 24.8 Å². The Hall–Kier alpha value is -3.79. The van der Waals surface area contributed by atoms with E-state index in [-0.39, 0.29) is 12.1 Å². The maximum absolute atomic E-state index is 14.4. The number of anilines is 1. The Labute approximate surface area is 207 Å². The van der Waals surface area contributed by atoms with Gasteiger partial charge in [0.05, 0.1) is 25.5 Å². The van der Waals surface area contributed by atoms with Crippen LogP contribution in [-0.4, -0.2) is 57.3 Å². The SMILES string of the molecule is COc1cccc(-n2c(=O)n(Cc3c(F)cccc3F)c3cnc(NCC4CCCCN4C)nc32)c1.